The Labute approximate surface area is 167 Å². The van der Waals surface area contributed by atoms with Gasteiger partial charge in [-0.25, -0.2) is 0 Å². The number of nitrogens with zero attached hydrogens (tertiary/aromatic N) is 3. The lowest BCUT2D eigenvalue weighted by Crippen LogP contribution is -2.54. The highest BCUT2D eigenvalue weighted by Crippen LogP contribution is 2.26. The molecule has 0 aliphatic carbocycles. The Bertz CT molecular complexity index is 693. The van der Waals surface area contributed by atoms with Crippen LogP contribution in [0.2, 0.25) is 5.02 Å². The molecular formula is C21H30ClN3O2. The minimum Gasteiger partial charge on any atom is -0.368 e. The first-order chi connectivity index (χ1) is 12.8. The molecule has 2 saturated heterocycles. The Hall–Kier alpha value is -1.75. The Morgan fingerprint density at radius 2 is 1.74 bits per heavy atom. The van der Waals surface area contributed by atoms with Crippen molar-refractivity contribution in [2.75, 3.05) is 44.2 Å². The summed E-state index contributed by atoms with van der Waals surface area (Å²) in [5.41, 5.74) is 0.710. The number of halogens is 1. The molecule has 1 atom stereocenters. The number of piperazine rings is 1. The highest BCUT2D eigenvalue weighted by molar-refractivity contribution is 6.30. The van der Waals surface area contributed by atoms with Crippen LogP contribution in [-0.2, 0) is 9.59 Å². The molecule has 27 heavy (non-hydrogen) atoms. The van der Waals surface area contributed by atoms with E-state index in [2.05, 4.69) is 11.0 Å². The third-order valence-electron chi connectivity index (χ3n) is 5.46. The summed E-state index contributed by atoms with van der Waals surface area (Å²) in [7, 11) is 0. The average molecular weight is 392 g/mol. The lowest BCUT2D eigenvalue weighted by molar-refractivity contribution is -0.145. The van der Waals surface area contributed by atoms with E-state index in [1.54, 1.807) is 0 Å². The molecule has 2 aliphatic rings. The van der Waals surface area contributed by atoms with Crippen molar-refractivity contribution in [3.05, 3.63) is 29.3 Å². The van der Waals surface area contributed by atoms with Crippen LogP contribution in [0.5, 0.6) is 0 Å². The molecule has 0 spiro atoms. The van der Waals surface area contributed by atoms with Gasteiger partial charge in [-0.1, -0.05) is 38.4 Å². The van der Waals surface area contributed by atoms with Gasteiger partial charge in [0.15, 0.2) is 0 Å². The number of amides is 2. The summed E-state index contributed by atoms with van der Waals surface area (Å²) in [6, 6.07) is 7.85. The number of benzene rings is 1. The van der Waals surface area contributed by atoms with Gasteiger partial charge in [-0.3, -0.25) is 9.59 Å². The lowest BCUT2D eigenvalue weighted by atomic mass is 9.90. The van der Waals surface area contributed by atoms with Crippen molar-refractivity contribution in [2.45, 2.75) is 33.6 Å². The fourth-order valence-electron chi connectivity index (χ4n) is 3.95. The average Bonchev–Trinajstić information content (AvgIpc) is 2.66. The predicted molar refractivity (Wildman–Crippen MR) is 109 cm³/mol. The number of anilines is 1. The molecule has 2 amide bonds. The number of hydrogen-bond donors (Lipinski definition) is 0. The van der Waals surface area contributed by atoms with Gasteiger partial charge >= 0.3 is 0 Å². The normalized spacial score (nSPS) is 21.3. The molecule has 1 aromatic carbocycles. The molecule has 3 rings (SSSR count). The van der Waals surface area contributed by atoms with Crippen LogP contribution in [0.25, 0.3) is 0 Å². The van der Waals surface area contributed by atoms with Crippen LogP contribution in [0.1, 0.15) is 33.6 Å². The minimum absolute atomic E-state index is 0.0669. The van der Waals surface area contributed by atoms with Crippen LogP contribution < -0.4 is 4.90 Å². The number of carbonyl (C=O) groups excluding carboxylic acids is 2. The lowest BCUT2D eigenvalue weighted by Gasteiger charge is -2.40. The zero-order valence-corrected chi connectivity index (χ0v) is 17.3. The van der Waals surface area contributed by atoms with Gasteiger partial charge in [-0.15, -0.1) is 0 Å². The fraction of sp³-hybridized carbons (Fsp3) is 0.619. The highest BCUT2D eigenvalue weighted by atomic mass is 35.5. The van der Waals surface area contributed by atoms with Crippen molar-refractivity contribution in [1.82, 2.24) is 9.80 Å². The van der Waals surface area contributed by atoms with Gasteiger partial charge in [0.05, 0.1) is 5.92 Å². The van der Waals surface area contributed by atoms with E-state index in [1.165, 1.54) is 0 Å². The molecule has 148 valence electrons. The van der Waals surface area contributed by atoms with E-state index >= 15 is 0 Å². The standard InChI is InChI=1S/C21H30ClN3O2/c1-21(2,3)20(27)25-9-5-6-16(15-25)19(26)24-12-10-23(11-13-24)18-8-4-7-17(22)14-18/h4,7-8,14,16H,5-6,9-13,15H2,1-3H3/t16-/m1/s1. The summed E-state index contributed by atoms with van der Waals surface area (Å²) in [6.07, 6.45) is 1.78. The maximum atomic E-state index is 13.0. The SMILES string of the molecule is CC(C)(C)C(=O)N1CCC[C@@H](C(=O)N2CCN(c3cccc(Cl)c3)CC2)C1. The Morgan fingerprint density at radius 3 is 2.37 bits per heavy atom. The van der Waals surface area contributed by atoms with E-state index < -0.39 is 5.41 Å². The first kappa shape index (κ1) is 20.0. The van der Waals surface area contributed by atoms with Crippen molar-refractivity contribution in [2.24, 2.45) is 11.3 Å². The Morgan fingerprint density at radius 1 is 1.04 bits per heavy atom. The smallest absolute Gasteiger partial charge is 0.227 e. The molecule has 0 aromatic heterocycles. The topological polar surface area (TPSA) is 43.9 Å². The molecule has 5 nitrogen and oxygen atoms in total. The summed E-state index contributed by atoms with van der Waals surface area (Å²) in [5, 5.41) is 0.733. The number of piperidine rings is 1. The largest absolute Gasteiger partial charge is 0.368 e. The van der Waals surface area contributed by atoms with E-state index in [1.807, 2.05) is 48.8 Å². The predicted octanol–water partition coefficient (Wildman–Crippen LogP) is 3.27. The molecule has 0 unspecified atom stereocenters. The van der Waals surface area contributed by atoms with Gasteiger partial charge in [0, 0.05) is 55.4 Å². The van der Waals surface area contributed by atoms with E-state index in [0.717, 1.165) is 56.3 Å². The van der Waals surface area contributed by atoms with Crippen molar-refractivity contribution >= 4 is 29.1 Å². The second-order valence-electron chi connectivity index (χ2n) is 8.63. The zero-order valence-electron chi connectivity index (χ0n) is 16.6. The number of hydrogen-bond acceptors (Lipinski definition) is 3. The van der Waals surface area contributed by atoms with Gasteiger partial charge in [0.1, 0.15) is 0 Å². The molecule has 2 aliphatic heterocycles. The van der Waals surface area contributed by atoms with E-state index in [-0.39, 0.29) is 17.7 Å². The van der Waals surface area contributed by atoms with Crippen molar-refractivity contribution in [3.63, 3.8) is 0 Å². The van der Waals surface area contributed by atoms with E-state index in [0.29, 0.717) is 6.54 Å². The summed E-state index contributed by atoms with van der Waals surface area (Å²) < 4.78 is 0. The second-order valence-corrected chi connectivity index (χ2v) is 9.07. The molecule has 0 saturated carbocycles. The summed E-state index contributed by atoms with van der Waals surface area (Å²) in [5.74, 6) is 0.278. The van der Waals surface area contributed by atoms with Crippen molar-refractivity contribution in [1.29, 1.82) is 0 Å². The number of likely N-dealkylation sites (tertiary alicyclic amines) is 1. The molecule has 6 heteroatoms. The van der Waals surface area contributed by atoms with Gasteiger partial charge in [-0.2, -0.15) is 0 Å². The van der Waals surface area contributed by atoms with Gasteiger partial charge in [0.2, 0.25) is 11.8 Å². The summed E-state index contributed by atoms with van der Waals surface area (Å²) >= 11 is 6.09. The molecule has 0 N–H and O–H groups in total. The first-order valence-corrected chi connectivity index (χ1v) is 10.2. The summed E-state index contributed by atoms with van der Waals surface area (Å²) in [6.45, 7) is 10.2. The van der Waals surface area contributed by atoms with Crippen LogP contribution in [-0.4, -0.2) is 60.9 Å². The highest BCUT2D eigenvalue weighted by Gasteiger charge is 2.35. The van der Waals surface area contributed by atoms with Gasteiger partial charge in [0.25, 0.3) is 0 Å². The molecule has 1 aromatic rings. The maximum absolute atomic E-state index is 13.0. The Balaban J connectivity index is 1.56. The fourth-order valence-corrected chi connectivity index (χ4v) is 4.14. The van der Waals surface area contributed by atoms with Crippen LogP contribution in [0.3, 0.4) is 0 Å². The third-order valence-corrected chi connectivity index (χ3v) is 5.70. The van der Waals surface area contributed by atoms with Gasteiger partial charge in [-0.05, 0) is 31.0 Å². The summed E-state index contributed by atoms with van der Waals surface area (Å²) in [4.78, 5) is 31.7. The van der Waals surface area contributed by atoms with Crippen LogP contribution >= 0.6 is 11.6 Å². The molecular weight excluding hydrogens is 362 g/mol. The Kier molecular flexibility index (Phi) is 5.99. The van der Waals surface area contributed by atoms with E-state index in [9.17, 15) is 9.59 Å². The quantitative estimate of drug-likeness (QED) is 0.777. The van der Waals surface area contributed by atoms with Crippen LogP contribution in [0.15, 0.2) is 24.3 Å². The minimum atomic E-state index is -0.395. The van der Waals surface area contributed by atoms with Gasteiger partial charge < -0.3 is 14.7 Å². The second kappa shape index (κ2) is 8.09. The van der Waals surface area contributed by atoms with Crippen LogP contribution in [0, 0.1) is 11.3 Å². The van der Waals surface area contributed by atoms with Crippen molar-refractivity contribution < 1.29 is 9.59 Å². The van der Waals surface area contributed by atoms with Crippen molar-refractivity contribution in [3.8, 4) is 0 Å². The monoisotopic (exact) mass is 391 g/mol. The third kappa shape index (κ3) is 4.75. The number of rotatable bonds is 2. The number of carbonyl (C=O) groups is 2. The molecule has 0 bridgehead atoms. The zero-order chi connectivity index (χ0) is 19.6. The maximum Gasteiger partial charge on any atom is 0.227 e. The molecule has 2 fully saturated rings. The van der Waals surface area contributed by atoms with E-state index in [4.69, 9.17) is 11.6 Å². The molecule has 2 heterocycles. The molecule has 0 radical (unpaired) electrons. The van der Waals surface area contributed by atoms with Crippen LogP contribution in [0.4, 0.5) is 5.69 Å². The first-order valence-electron chi connectivity index (χ1n) is 9.84.